The number of likely N-dealkylation sites (tertiary alicyclic amines) is 1. The molecule has 16 heavy (non-hydrogen) atoms. The molecule has 1 heterocycles. The van der Waals surface area contributed by atoms with Crippen LogP contribution < -0.4 is 0 Å². The highest BCUT2D eigenvalue weighted by Crippen LogP contribution is 2.17. The first-order valence-electron chi connectivity index (χ1n) is 5.76. The van der Waals surface area contributed by atoms with Gasteiger partial charge in [-0.25, -0.2) is 0 Å². The third-order valence-corrected chi connectivity index (χ3v) is 2.65. The van der Waals surface area contributed by atoms with Gasteiger partial charge in [0.2, 0.25) is 6.41 Å². The lowest BCUT2D eigenvalue weighted by molar-refractivity contribution is -0.120. The molecule has 1 rings (SSSR count). The zero-order chi connectivity index (χ0) is 12.8. The van der Waals surface area contributed by atoms with Crippen LogP contribution in [0.25, 0.3) is 0 Å². The number of hydrogen-bond acceptors (Lipinski definition) is 3. The summed E-state index contributed by atoms with van der Waals surface area (Å²) in [6, 6.07) is 0.0671. The molecule has 0 aromatic rings. The molecule has 0 aromatic heterocycles. The molecule has 2 atom stereocenters. The van der Waals surface area contributed by atoms with E-state index in [2.05, 4.69) is 0 Å². The molecule has 1 amide bonds. The monoisotopic (exact) mass is 231 g/mol. The molecule has 1 aliphatic heterocycles. The molecule has 1 unspecified atom stereocenters. The Balaban J connectivity index is 0.000000325. The van der Waals surface area contributed by atoms with E-state index in [0.717, 1.165) is 25.8 Å². The average molecular weight is 231 g/mol. The molecule has 0 aromatic carbocycles. The van der Waals surface area contributed by atoms with Crippen LogP contribution in [0.3, 0.4) is 0 Å². The smallest absolute Gasteiger partial charge is 0.210 e. The van der Waals surface area contributed by atoms with Crippen molar-refractivity contribution in [3.05, 3.63) is 0 Å². The van der Waals surface area contributed by atoms with Crippen LogP contribution in [0.4, 0.5) is 0 Å². The van der Waals surface area contributed by atoms with Gasteiger partial charge in [0.15, 0.2) is 0 Å². The summed E-state index contributed by atoms with van der Waals surface area (Å²) in [7, 11) is 1.71. The summed E-state index contributed by atoms with van der Waals surface area (Å²) >= 11 is 0. The Morgan fingerprint density at radius 2 is 2.00 bits per heavy atom. The van der Waals surface area contributed by atoms with Gasteiger partial charge in [0.25, 0.3) is 0 Å². The second-order valence-electron chi connectivity index (χ2n) is 5.11. The Hall–Kier alpha value is -0.610. The molecule has 1 fully saturated rings. The Bertz CT molecular complexity index is 199. The van der Waals surface area contributed by atoms with E-state index in [1.165, 1.54) is 0 Å². The summed E-state index contributed by atoms with van der Waals surface area (Å²) in [4.78, 5) is 12.0. The van der Waals surface area contributed by atoms with Crippen LogP contribution in [0.1, 0.15) is 40.5 Å². The van der Waals surface area contributed by atoms with Gasteiger partial charge in [-0.1, -0.05) is 0 Å². The zero-order valence-electron chi connectivity index (χ0n) is 11.1. The zero-order valence-corrected chi connectivity index (χ0v) is 11.1. The topological polar surface area (TPSA) is 49.8 Å². The largest absolute Gasteiger partial charge is 0.391 e. The van der Waals surface area contributed by atoms with Gasteiger partial charge in [0, 0.05) is 13.7 Å². The highest BCUT2D eigenvalue weighted by molar-refractivity contribution is 5.48. The number of amides is 1. The Morgan fingerprint density at radius 3 is 2.25 bits per heavy atom. The van der Waals surface area contributed by atoms with Crippen LogP contribution in [-0.2, 0) is 9.53 Å². The van der Waals surface area contributed by atoms with Gasteiger partial charge >= 0.3 is 0 Å². The molecular formula is C12H25NO3. The summed E-state index contributed by atoms with van der Waals surface area (Å²) in [6.07, 6.45) is 2.41. The molecular weight excluding hydrogens is 206 g/mol. The number of aliphatic hydroxyl groups is 1. The second kappa shape index (κ2) is 6.86. The van der Waals surface area contributed by atoms with Gasteiger partial charge in [-0.2, -0.15) is 0 Å². The maximum Gasteiger partial charge on any atom is 0.210 e. The van der Waals surface area contributed by atoms with Gasteiger partial charge in [0.1, 0.15) is 0 Å². The summed E-state index contributed by atoms with van der Waals surface area (Å²) in [5, 5.41) is 9.15. The van der Waals surface area contributed by atoms with Gasteiger partial charge in [0.05, 0.1) is 17.7 Å². The van der Waals surface area contributed by atoms with E-state index >= 15 is 0 Å². The highest BCUT2D eigenvalue weighted by Gasteiger charge is 2.26. The fourth-order valence-electron chi connectivity index (χ4n) is 1.46. The number of aliphatic hydroxyl groups excluding tert-OH is 1. The number of ether oxygens (including phenoxy) is 1. The molecule has 1 N–H and O–H groups in total. The molecule has 1 aliphatic rings. The first-order chi connectivity index (χ1) is 7.31. The fraction of sp³-hybridized carbons (Fsp3) is 0.917. The van der Waals surface area contributed by atoms with Crippen LogP contribution >= 0.6 is 0 Å². The quantitative estimate of drug-likeness (QED) is 0.731. The van der Waals surface area contributed by atoms with Crippen molar-refractivity contribution in [2.45, 2.75) is 58.3 Å². The predicted octanol–water partition coefficient (Wildman–Crippen LogP) is 1.42. The first-order valence-corrected chi connectivity index (χ1v) is 5.76. The van der Waals surface area contributed by atoms with Crippen molar-refractivity contribution in [2.75, 3.05) is 13.7 Å². The molecule has 0 spiro atoms. The number of carbonyl (C=O) groups is 1. The number of carbonyl (C=O) groups excluding carboxylic acids is 1. The van der Waals surface area contributed by atoms with Crippen LogP contribution in [0.2, 0.25) is 0 Å². The summed E-state index contributed by atoms with van der Waals surface area (Å²) < 4.78 is 4.94. The maximum absolute atomic E-state index is 10.3. The number of rotatable bonds is 2. The van der Waals surface area contributed by atoms with E-state index in [0.29, 0.717) is 0 Å². The lowest BCUT2D eigenvalue weighted by Crippen LogP contribution is -2.36. The Kier molecular flexibility index (Phi) is 6.60. The van der Waals surface area contributed by atoms with E-state index in [4.69, 9.17) is 9.84 Å². The van der Waals surface area contributed by atoms with E-state index < -0.39 is 0 Å². The average Bonchev–Trinajstić information content (AvgIpc) is 2.65. The number of nitrogens with zero attached hydrogens (tertiary/aromatic N) is 1. The normalized spacial score (nSPS) is 22.4. The van der Waals surface area contributed by atoms with Crippen molar-refractivity contribution in [1.29, 1.82) is 0 Å². The molecule has 4 nitrogen and oxygen atoms in total. The minimum atomic E-state index is -0.382. The van der Waals surface area contributed by atoms with Crippen LogP contribution in [0.15, 0.2) is 0 Å². The summed E-state index contributed by atoms with van der Waals surface area (Å²) in [6.45, 7) is 8.60. The van der Waals surface area contributed by atoms with Crippen molar-refractivity contribution in [2.24, 2.45) is 0 Å². The number of hydrogen-bond donors (Lipinski definition) is 1. The SMILES string of the molecule is CC(O)[C@@H]1CCCN1C=O.COC(C)(C)C. The maximum atomic E-state index is 10.3. The van der Waals surface area contributed by atoms with E-state index in [9.17, 15) is 4.79 Å². The molecule has 0 aliphatic carbocycles. The first kappa shape index (κ1) is 15.4. The van der Waals surface area contributed by atoms with Crippen molar-refractivity contribution in [3.8, 4) is 0 Å². The van der Waals surface area contributed by atoms with Crippen LogP contribution in [0, 0.1) is 0 Å². The molecule has 96 valence electrons. The highest BCUT2D eigenvalue weighted by atomic mass is 16.5. The van der Waals surface area contributed by atoms with Gasteiger partial charge in [-0.3, -0.25) is 4.79 Å². The van der Waals surface area contributed by atoms with Gasteiger partial charge < -0.3 is 14.7 Å². The number of methoxy groups -OCH3 is 1. The molecule has 0 radical (unpaired) electrons. The third kappa shape index (κ3) is 6.08. The van der Waals surface area contributed by atoms with Crippen molar-refractivity contribution in [1.82, 2.24) is 4.90 Å². The summed E-state index contributed by atoms with van der Waals surface area (Å²) in [5.74, 6) is 0. The molecule has 4 heteroatoms. The molecule has 0 bridgehead atoms. The van der Waals surface area contributed by atoms with Crippen molar-refractivity contribution < 1.29 is 14.6 Å². The molecule has 1 saturated heterocycles. The minimum absolute atomic E-state index is 0.0417. The second-order valence-corrected chi connectivity index (χ2v) is 5.11. The minimum Gasteiger partial charge on any atom is -0.391 e. The standard InChI is InChI=1S/C7H13NO2.C5H12O/c1-6(10)7-3-2-4-8(7)5-9;1-5(2,3)6-4/h5-7,10H,2-4H2,1H3;1-4H3/t6?,7-;/m0./s1. The van der Waals surface area contributed by atoms with E-state index in [-0.39, 0.29) is 17.7 Å². The van der Waals surface area contributed by atoms with Gasteiger partial charge in [-0.15, -0.1) is 0 Å². The fourth-order valence-corrected chi connectivity index (χ4v) is 1.46. The molecule has 0 saturated carbocycles. The van der Waals surface area contributed by atoms with Gasteiger partial charge in [-0.05, 0) is 40.5 Å². The predicted molar refractivity (Wildman–Crippen MR) is 64.2 cm³/mol. The summed E-state index contributed by atoms with van der Waals surface area (Å²) in [5.41, 5.74) is 0.0417. The van der Waals surface area contributed by atoms with Crippen LogP contribution in [0.5, 0.6) is 0 Å². The Morgan fingerprint density at radius 1 is 1.50 bits per heavy atom. The third-order valence-electron chi connectivity index (χ3n) is 2.65. The van der Waals surface area contributed by atoms with Crippen LogP contribution in [-0.4, -0.2) is 47.8 Å². The van der Waals surface area contributed by atoms with E-state index in [1.807, 2.05) is 20.8 Å². The van der Waals surface area contributed by atoms with Crippen molar-refractivity contribution in [3.63, 3.8) is 0 Å². The lowest BCUT2D eigenvalue weighted by Gasteiger charge is -2.21. The lowest BCUT2D eigenvalue weighted by atomic mass is 10.1. The van der Waals surface area contributed by atoms with E-state index in [1.54, 1.807) is 18.9 Å². The Labute approximate surface area is 98.6 Å². The van der Waals surface area contributed by atoms with Crippen molar-refractivity contribution >= 4 is 6.41 Å².